The Morgan fingerprint density at radius 3 is 2.67 bits per heavy atom. The number of anilines is 1. The summed E-state index contributed by atoms with van der Waals surface area (Å²) in [6.45, 7) is 0.153. The molecule has 1 aromatic heterocycles. The maximum absolute atomic E-state index is 12.7. The van der Waals surface area contributed by atoms with E-state index in [0.29, 0.717) is 0 Å². The van der Waals surface area contributed by atoms with E-state index in [1.807, 2.05) is 66.7 Å². The molecule has 4 aromatic rings. The van der Waals surface area contributed by atoms with Crippen LogP contribution in [0, 0.1) is 0 Å². The Morgan fingerprint density at radius 2 is 1.75 bits per heavy atom. The van der Waals surface area contributed by atoms with Crippen molar-refractivity contribution in [3.63, 3.8) is 0 Å². The molecule has 0 N–H and O–H groups in total. The summed E-state index contributed by atoms with van der Waals surface area (Å²) in [5, 5.41) is 10.4. The van der Waals surface area contributed by atoms with Gasteiger partial charge in [-0.3, -0.25) is 4.79 Å². The first-order valence-electron chi connectivity index (χ1n) is 7.76. The number of hydrogen-bond acceptors (Lipinski definition) is 3. The van der Waals surface area contributed by atoms with Gasteiger partial charge in [0.1, 0.15) is 12.1 Å². The molecule has 3 aromatic carbocycles. The van der Waals surface area contributed by atoms with E-state index in [0.717, 1.165) is 27.5 Å². The van der Waals surface area contributed by atoms with Gasteiger partial charge in [-0.05, 0) is 23.6 Å². The Bertz CT molecular complexity index is 1030. The lowest BCUT2D eigenvalue weighted by Gasteiger charge is -2.19. The Hall–Kier alpha value is -3.21. The summed E-state index contributed by atoms with van der Waals surface area (Å²) in [5.74, 6) is -0.0398. The first-order chi connectivity index (χ1) is 11.7. The summed E-state index contributed by atoms with van der Waals surface area (Å²) in [6.07, 6.45) is 0. The van der Waals surface area contributed by atoms with E-state index in [4.69, 9.17) is 0 Å². The zero-order valence-corrected chi connectivity index (χ0v) is 13.3. The molecule has 0 radical (unpaired) electrons. The van der Waals surface area contributed by atoms with Crippen molar-refractivity contribution in [1.29, 1.82) is 0 Å². The van der Waals surface area contributed by atoms with E-state index in [-0.39, 0.29) is 12.5 Å². The van der Waals surface area contributed by atoms with Gasteiger partial charge in [0.15, 0.2) is 0 Å². The van der Waals surface area contributed by atoms with Crippen molar-refractivity contribution in [2.45, 2.75) is 6.54 Å². The molecule has 0 bridgehead atoms. The van der Waals surface area contributed by atoms with Crippen LogP contribution in [0.15, 0.2) is 66.7 Å². The Morgan fingerprint density at radius 1 is 1.00 bits per heavy atom. The predicted octanol–water partition coefficient (Wildman–Crippen LogP) is 3.25. The van der Waals surface area contributed by atoms with Gasteiger partial charge in [0.05, 0.1) is 11.2 Å². The van der Waals surface area contributed by atoms with Crippen LogP contribution in [0.3, 0.4) is 0 Å². The lowest BCUT2D eigenvalue weighted by atomic mass is 10.1. The van der Waals surface area contributed by atoms with Gasteiger partial charge in [0, 0.05) is 12.4 Å². The van der Waals surface area contributed by atoms with E-state index in [9.17, 15) is 4.79 Å². The second kappa shape index (κ2) is 5.77. The average Bonchev–Trinajstić information content (AvgIpc) is 3.03. The van der Waals surface area contributed by atoms with Gasteiger partial charge >= 0.3 is 0 Å². The molecule has 5 heteroatoms. The monoisotopic (exact) mass is 316 g/mol. The van der Waals surface area contributed by atoms with Crippen molar-refractivity contribution in [1.82, 2.24) is 15.0 Å². The molecule has 24 heavy (non-hydrogen) atoms. The lowest BCUT2D eigenvalue weighted by molar-refractivity contribution is -0.119. The smallest absolute Gasteiger partial charge is 0.248 e. The van der Waals surface area contributed by atoms with Crippen molar-refractivity contribution in [2.24, 2.45) is 0 Å². The molecule has 0 saturated carbocycles. The number of amides is 1. The first kappa shape index (κ1) is 14.4. The Balaban J connectivity index is 1.66. The third kappa shape index (κ3) is 2.40. The number of carbonyl (C=O) groups is 1. The van der Waals surface area contributed by atoms with E-state index >= 15 is 0 Å². The number of fused-ring (bicyclic) bond motifs is 2. The number of para-hydroxylation sites is 1. The molecule has 5 nitrogen and oxygen atoms in total. The van der Waals surface area contributed by atoms with E-state index in [2.05, 4.69) is 10.3 Å². The van der Waals surface area contributed by atoms with Crippen molar-refractivity contribution in [3.8, 4) is 0 Å². The highest BCUT2D eigenvalue weighted by atomic mass is 16.2. The largest absolute Gasteiger partial charge is 0.313 e. The van der Waals surface area contributed by atoms with Gasteiger partial charge in [-0.2, -0.15) is 0 Å². The van der Waals surface area contributed by atoms with Gasteiger partial charge < -0.3 is 4.90 Å². The van der Waals surface area contributed by atoms with Crippen molar-refractivity contribution < 1.29 is 4.79 Å². The second-order valence-electron chi connectivity index (χ2n) is 5.69. The van der Waals surface area contributed by atoms with Gasteiger partial charge in [-0.1, -0.05) is 53.7 Å². The minimum atomic E-state index is -0.0398. The first-order valence-corrected chi connectivity index (χ1v) is 7.76. The molecule has 0 spiro atoms. The number of rotatable bonds is 3. The molecule has 0 fully saturated rings. The summed E-state index contributed by atoms with van der Waals surface area (Å²) in [5.41, 5.74) is 2.54. The molecule has 0 aliphatic heterocycles. The van der Waals surface area contributed by atoms with Crippen molar-refractivity contribution in [3.05, 3.63) is 66.7 Å². The maximum atomic E-state index is 12.7. The molecule has 1 amide bonds. The molecule has 118 valence electrons. The van der Waals surface area contributed by atoms with Gasteiger partial charge in [0.25, 0.3) is 0 Å². The van der Waals surface area contributed by atoms with Crippen LogP contribution < -0.4 is 4.90 Å². The van der Waals surface area contributed by atoms with Gasteiger partial charge in [0.2, 0.25) is 5.91 Å². The molecule has 4 rings (SSSR count). The number of likely N-dealkylation sites (N-methyl/N-ethyl adjacent to an activating group) is 1. The maximum Gasteiger partial charge on any atom is 0.248 e. The minimum absolute atomic E-state index is 0.0398. The summed E-state index contributed by atoms with van der Waals surface area (Å²) < 4.78 is 1.64. The van der Waals surface area contributed by atoms with Crippen LogP contribution in [0.5, 0.6) is 0 Å². The van der Waals surface area contributed by atoms with Crippen molar-refractivity contribution >= 4 is 33.4 Å². The van der Waals surface area contributed by atoms with Crippen LogP contribution in [0.1, 0.15) is 0 Å². The molecule has 1 heterocycles. The lowest BCUT2D eigenvalue weighted by Crippen LogP contribution is -2.30. The fraction of sp³-hybridized carbons (Fsp3) is 0.105. The normalized spacial score (nSPS) is 11.0. The van der Waals surface area contributed by atoms with Crippen molar-refractivity contribution in [2.75, 3.05) is 11.9 Å². The molecule has 0 saturated heterocycles. The Kier molecular flexibility index (Phi) is 3.46. The third-order valence-electron chi connectivity index (χ3n) is 4.21. The van der Waals surface area contributed by atoms with Crippen LogP contribution >= 0.6 is 0 Å². The van der Waals surface area contributed by atoms with Crippen LogP contribution in [0.4, 0.5) is 5.69 Å². The van der Waals surface area contributed by atoms with Crippen LogP contribution in [0.2, 0.25) is 0 Å². The summed E-state index contributed by atoms with van der Waals surface area (Å²) in [6, 6.07) is 21.6. The number of hydrogen-bond donors (Lipinski definition) is 0. The predicted molar refractivity (Wildman–Crippen MR) is 94.9 cm³/mol. The van der Waals surface area contributed by atoms with E-state index in [1.54, 1.807) is 16.6 Å². The molecular formula is C19H16N4O. The zero-order chi connectivity index (χ0) is 16.5. The van der Waals surface area contributed by atoms with Crippen LogP contribution in [-0.2, 0) is 11.3 Å². The Labute approximate surface area is 139 Å². The van der Waals surface area contributed by atoms with Crippen LogP contribution in [-0.4, -0.2) is 27.9 Å². The number of aromatic nitrogens is 3. The SMILES string of the molecule is CN(C(=O)Cn1nnc2ccccc21)c1cccc2ccccc12. The zero-order valence-electron chi connectivity index (χ0n) is 13.3. The number of carbonyl (C=O) groups excluding carboxylic acids is 1. The van der Waals surface area contributed by atoms with Crippen LogP contribution in [0.25, 0.3) is 21.8 Å². The fourth-order valence-electron chi connectivity index (χ4n) is 2.90. The molecule has 0 aliphatic rings. The van der Waals surface area contributed by atoms with Gasteiger partial charge in [-0.25, -0.2) is 4.68 Å². The highest BCUT2D eigenvalue weighted by Gasteiger charge is 2.15. The van der Waals surface area contributed by atoms with Gasteiger partial charge in [-0.15, -0.1) is 5.10 Å². The average molecular weight is 316 g/mol. The quantitative estimate of drug-likeness (QED) is 0.583. The molecule has 0 atom stereocenters. The molecule has 0 aliphatic carbocycles. The third-order valence-corrected chi connectivity index (χ3v) is 4.21. The van der Waals surface area contributed by atoms with E-state index < -0.39 is 0 Å². The highest BCUT2D eigenvalue weighted by Crippen LogP contribution is 2.26. The molecular weight excluding hydrogens is 300 g/mol. The fourth-order valence-corrected chi connectivity index (χ4v) is 2.90. The number of benzene rings is 3. The topological polar surface area (TPSA) is 51.0 Å². The number of nitrogens with zero attached hydrogens (tertiary/aromatic N) is 4. The summed E-state index contributed by atoms with van der Waals surface area (Å²) >= 11 is 0. The molecule has 0 unspecified atom stereocenters. The second-order valence-corrected chi connectivity index (χ2v) is 5.69. The van der Waals surface area contributed by atoms with E-state index in [1.165, 1.54) is 0 Å². The minimum Gasteiger partial charge on any atom is -0.313 e. The standard InChI is InChI=1S/C19H16N4O/c1-22(17-12-6-8-14-7-2-3-9-15(14)17)19(24)13-23-18-11-5-4-10-16(18)20-21-23/h2-12H,13H2,1H3. The highest BCUT2D eigenvalue weighted by molar-refractivity contribution is 6.03. The summed E-state index contributed by atoms with van der Waals surface area (Å²) in [7, 11) is 1.79. The summed E-state index contributed by atoms with van der Waals surface area (Å²) in [4.78, 5) is 14.4.